The van der Waals surface area contributed by atoms with E-state index >= 15 is 0 Å². The fourth-order valence-corrected chi connectivity index (χ4v) is 5.37. The van der Waals surface area contributed by atoms with Crippen molar-refractivity contribution in [1.29, 1.82) is 5.26 Å². The van der Waals surface area contributed by atoms with Gasteiger partial charge in [0.1, 0.15) is 30.6 Å². The molecule has 0 saturated heterocycles. The molecule has 0 spiro atoms. The topological polar surface area (TPSA) is 94.6 Å². The van der Waals surface area contributed by atoms with E-state index in [1.54, 1.807) is 37.6 Å². The molecular weight excluding hydrogens is 588 g/mol. The van der Waals surface area contributed by atoms with E-state index < -0.39 is 0 Å². The smallest absolute Gasteiger partial charge is 0.185 e. The maximum Gasteiger partial charge on any atom is 0.185 e. The number of nitrogens with zero attached hydrogens (tertiary/aromatic N) is 2. The number of aldehydes is 1. The molecule has 0 bridgehead atoms. The Bertz CT molecular complexity index is 2080. The molecule has 6 aromatic rings. The van der Waals surface area contributed by atoms with Crippen molar-refractivity contribution < 1.29 is 23.4 Å². The molecule has 0 aliphatic rings. The first-order valence-electron chi connectivity index (χ1n) is 14.1. The van der Waals surface area contributed by atoms with E-state index in [-0.39, 0.29) is 13.2 Å². The van der Waals surface area contributed by atoms with Crippen LogP contribution in [0.25, 0.3) is 33.2 Å². The van der Waals surface area contributed by atoms with Gasteiger partial charge in [-0.05, 0) is 70.6 Å². The number of halogens is 1. The van der Waals surface area contributed by atoms with Gasteiger partial charge in [0.05, 0.1) is 17.7 Å². The number of nitriles is 1. The maximum absolute atomic E-state index is 11.1. The molecule has 6 rings (SSSR count). The monoisotopic (exact) mass is 614 g/mol. The average molecular weight is 615 g/mol. The summed E-state index contributed by atoms with van der Waals surface area (Å²) in [7, 11) is 1.54. The molecule has 0 radical (unpaired) electrons. The molecule has 2 aromatic heterocycles. The van der Waals surface area contributed by atoms with Crippen molar-refractivity contribution in [3.63, 3.8) is 0 Å². The van der Waals surface area contributed by atoms with Gasteiger partial charge in [0.25, 0.3) is 0 Å². The number of hydrogen-bond donors (Lipinski definition) is 0. The quantitative estimate of drug-likeness (QED) is 0.142. The number of hydrogen-bond acceptors (Lipinski definition) is 7. The minimum absolute atomic E-state index is 0.190. The third-order valence-corrected chi connectivity index (χ3v) is 7.82. The Kier molecular flexibility index (Phi) is 8.50. The van der Waals surface area contributed by atoms with Crippen molar-refractivity contribution >= 4 is 28.9 Å². The molecule has 2 heterocycles. The number of carbonyl (C=O) groups is 1. The van der Waals surface area contributed by atoms with E-state index in [1.165, 1.54) is 6.20 Å². The molecule has 7 nitrogen and oxygen atoms in total. The van der Waals surface area contributed by atoms with Gasteiger partial charge in [-0.15, -0.1) is 0 Å². The molecule has 0 aliphatic heterocycles. The third kappa shape index (κ3) is 6.37. The zero-order valence-electron chi connectivity index (χ0n) is 24.5. The number of ether oxygens (including phenoxy) is 3. The van der Waals surface area contributed by atoms with Crippen molar-refractivity contribution in [1.82, 2.24) is 4.98 Å². The molecule has 222 valence electrons. The summed E-state index contributed by atoms with van der Waals surface area (Å²) in [5.74, 6) is 1.68. The number of carbonyl (C=O) groups excluding carboxylic acids is 1. The van der Waals surface area contributed by atoms with Crippen LogP contribution in [0.3, 0.4) is 0 Å². The summed E-state index contributed by atoms with van der Waals surface area (Å²) in [6.07, 6.45) is 3.86. The lowest BCUT2D eigenvalue weighted by Crippen LogP contribution is -2.02. The fraction of sp³-hybridized carbons (Fsp3) is 0.108. The Labute approximate surface area is 265 Å². The van der Waals surface area contributed by atoms with Crippen LogP contribution in [-0.4, -0.2) is 18.4 Å². The largest absolute Gasteiger partial charge is 0.493 e. The Morgan fingerprint density at radius 2 is 1.67 bits per heavy atom. The molecule has 0 fully saturated rings. The van der Waals surface area contributed by atoms with Gasteiger partial charge in [0.15, 0.2) is 23.5 Å². The molecule has 8 heteroatoms. The van der Waals surface area contributed by atoms with Crippen LogP contribution < -0.4 is 14.2 Å². The van der Waals surface area contributed by atoms with Crippen LogP contribution in [-0.2, 0) is 13.2 Å². The SMILES string of the molecule is COc1cc(Cl)c(OCc2cccc(-c3cccc(-c4ccc5oc(C=O)cc5c4)c3)c2C)cc1OCc1cncc(C#N)c1. The van der Waals surface area contributed by atoms with Crippen molar-refractivity contribution in [2.45, 2.75) is 20.1 Å². The lowest BCUT2D eigenvalue weighted by molar-refractivity contribution is 0.110. The van der Waals surface area contributed by atoms with Crippen LogP contribution >= 0.6 is 11.6 Å². The Balaban J connectivity index is 1.22. The number of benzene rings is 4. The van der Waals surface area contributed by atoms with E-state index in [1.807, 2.05) is 36.4 Å². The highest BCUT2D eigenvalue weighted by Crippen LogP contribution is 2.39. The number of methoxy groups -OCH3 is 1. The molecule has 0 amide bonds. The van der Waals surface area contributed by atoms with Crippen LogP contribution in [0.2, 0.25) is 5.02 Å². The van der Waals surface area contributed by atoms with Crippen LogP contribution in [0.1, 0.15) is 32.8 Å². The minimum Gasteiger partial charge on any atom is -0.493 e. The highest BCUT2D eigenvalue weighted by Gasteiger charge is 2.15. The average Bonchev–Trinajstić information content (AvgIpc) is 3.50. The third-order valence-electron chi connectivity index (χ3n) is 7.52. The fourth-order valence-electron chi connectivity index (χ4n) is 5.16. The lowest BCUT2D eigenvalue weighted by atomic mass is 9.94. The Morgan fingerprint density at radius 1 is 0.867 bits per heavy atom. The van der Waals surface area contributed by atoms with Gasteiger partial charge in [-0.1, -0.05) is 54.1 Å². The second-order valence-corrected chi connectivity index (χ2v) is 10.8. The normalized spacial score (nSPS) is 10.8. The second-order valence-electron chi connectivity index (χ2n) is 10.4. The predicted molar refractivity (Wildman–Crippen MR) is 173 cm³/mol. The molecule has 0 N–H and O–H groups in total. The summed E-state index contributed by atoms with van der Waals surface area (Å²) < 4.78 is 23.2. The van der Waals surface area contributed by atoms with Gasteiger partial charge in [-0.2, -0.15) is 5.26 Å². The molecule has 0 aliphatic carbocycles. The molecule has 4 aromatic carbocycles. The van der Waals surface area contributed by atoms with Crippen LogP contribution in [0, 0.1) is 18.3 Å². The van der Waals surface area contributed by atoms with Gasteiger partial charge in [-0.25, -0.2) is 0 Å². The van der Waals surface area contributed by atoms with Crippen LogP contribution in [0.5, 0.6) is 17.2 Å². The van der Waals surface area contributed by atoms with Gasteiger partial charge in [-0.3, -0.25) is 9.78 Å². The molecule has 0 unspecified atom stereocenters. The number of fused-ring (bicyclic) bond motifs is 1. The Hall–Kier alpha value is -5.58. The van der Waals surface area contributed by atoms with Crippen molar-refractivity contribution in [2.24, 2.45) is 0 Å². The zero-order chi connectivity index (χ0) is 31.3. The number of aromatic nitrogens is 1. The highest BCUT2D eigenvalue weighted by atomic mass is 35.5. The molecule has 45 heavy (non-hydrogen) atoms. The van der Waals surface area contributed by atoms with Gasteiger partial charge < -0.3 is 18.6 Å². The predicted octanol–water partition coefficient (Wildman–Crippen LogP) is 8.97. The van der Waals surface area contributed by atoms with E-state index in [2.05, 4.69) is 42.2 Å². The minimum atomic E-state index is 0.190. The number of furan rings is 1. The summed E-state index contributed by atoms with van der Waals surface area (Å²) in [5.41, 5.74) is 8.22. The van der Waals surface area contributed by atoms with E-state index in [9.17, 15) is 4.79 Å². The lowest BCUT2D eigenvalue weighted by Gasteiger charge is -2.16. The number of pyridine rings is 1. The van der Waals surface area contributed by atoms with Gasteiger partial charge in [0.2, 0.25) is 0 Å². The van der Waals surface area contributed by atoms with Gasteiger partial charge in [0, 0.05) is 35.5 Å². The van der Waals surface area contributed by atoms with Crippen LogP contribution in [0.15, 0.2) is 102 Å². The first-order valence-corrected chi connectivity index (χ1v) is 14.5. The summed E-state index contributed by atoms with van der Waals surface area (Å²) in [6, 6.07) is 29.3. The first kappa shape index (κ1) is 29.5. The summed E-state index contributed by atoms with van der Waals surface area (Å²) in [4.78, 5) is 15.2. The van der Waals surface area contributed by atoms with E-state index in [0.29, 0.717) is 45.5 Å². The highest BCUT2D eigenvalue weighted by molar-refractivity contribution is 6.32. The first-order chi connectivity index (χ1) is 21.9. The van der Waals surface area contributed by atoms with Crippen molar-refractivity contribution in [3.05, 3.63) is 130 Å². The van der Waals surface area contributed by atoms with Crippen molar-refractivity contribution in [2.75, 3.05) is 7.11 Å². The Morgan fingerprint density at radius 3 is 2.49 bits per heavy atom. The van der Waals surface area contributed by atoms with Crippen molar-refractivity contribution in [3.8, 4) is 45.6 Å². The van der Waals surface area contributed by atoms with E-state index in [4.69, 9.17) is 35.5 Å². The summed E-state index contributed by atoms with van der Waals surface area (Å²) in [5, 5.41) is 10.4. The maximum atomic E-state index is 11.1. The number of rotatable bonds is 10. The van der Waals surface area contributed by atoms with E-state index in [0.717, 1.165) is 44.3 Å². The molecule has 0 saturated carbocycles. The second kappa shape index (κ2) is 13.0. The molecule has 0 atom stereocenters. The molecular formula is C37H27ClN2O5. The van der Waals surface area contributed by atoms with Gasteiger partial charge >= 0.3 is 0 Å². The van der Waals surface area contributed by atoms with Crippen LogP contribution in [0.4, 0.5) is 0 Å². The standard InChI is InChI=1S/C37H27ClN2O5/c1-23-29(22-44-35-16-37(36(42-2)15-33(35)38)43-21-25-11-24(17-39)18-40-19-25)7-4-8-32(23)28-6-3-5-26(12-28)27-9-10-34-30(13-27)14-31(20-41)45-34/h3-16,18-20H,21-22H2,1-2H3. The summed E-state index contributed by atoms with van der Waals surface area (Å²) >= 11 is 6.56. The summed E-state index contributed by atoms with van der Waals surface area (Å²) in [6.45, 7) is 2.55. The zero-order valence-corrected chi connectivity index (χ0v) is 25.3.